The van der Waals surface area contributed by atoms with Crippen LogP contribution in [0.3, 0.4) is 0 Å². The van der Waals surface area contributed by atoms with E-state index in [1.807, 2.05) is 0 Å². The number of carbonyl (C=O) groups excluding carboxylic acids is 1. The van der Waals surface area contributed by atoms with Crippen LogP contribution in [0.5, 0.6) is 11.5 Å². The molecule has 0 bridgehead atoms. The largest absolute Gasteiger partial charge is 0.507 e. The summed E-state index contributed by atoms with van der Waals surface area (Å²) in [7, 11) is 3.35. The maximum Gasteiger partial charge on any atom is 0.257 e. The molecule has 98 valence electrons. The number of aromatic hydroxyl groups is 1. The minimum absolute atomic E-state index is 0.00523. The van der Waals surface area contributed by atoms with E-state index in [1.165, 1.54) is 18.9 Å². The van der Waals surface area contributed by atoms with Gasteiger partial charge in [0.05, 0.1) is 12.7 Å². The predicted octanol–water partition coefficient (Wildman–Crippen LogP) is 2.42. The normalized spacial score (nSPS) is 15.7. The van der Waals surface area contributed by atoms with Gasteiger partial charge in [-0.15, -0.1) is 0 Å². The zero-order valence-electron chi connectivity index (χ0n) is 10.8. The lowest BCUT2D eigenvalue weighted by molar-refractivity contribution is 0.0731. The smallest absolute Gasteiger partial charge is 0.257 e. The summed E-state index contributed by atoms with van der Waals surface area (Å²) in [6, 6.07) is 5.02. The Morgan fingerprint density at radius 1 is 1.39 bits per heavy atom. The molecule has 1 aromatic rings. The van der Waals surface area contributed by atoms with Crippen LogP contribution in [0.2, 0.25) is 0 Å². The van der Waals surface area contributed by atoms with Gasteiger partial charge in [0, 0.05) is 13.1 Å². The lowest BCUT2D eigenvalue weighted by Gasteiger charge is -2.24. The van der Waals surface area contributed by atoms with Gasteiger partial charge in [-0.05, 0) is 31.0 Å². The standard InChI is InChI=1S/C14H19NO3/c1-15(10-5-3-4-6-10)14(17)12-9-11(18-2)7-8-13(12)16/h7-10,16H,3-6H2,1-2H3. The van der Waals surface area contributed by atoms with Crippen molar-refractivity contribution in [3.63, 3.8) is 0 Å². The van der Waals surface area contributed by atoms with Crippen LogP contribution in [0.4, 0.5) is 0 Å². The molecule has 1 amide bonds. The summed E-state index contributed by atoms with van der Waals surface area (Å²) in [5.74, 6) is 0.444. The van der Waals surface area contributed by atoms with Crippen molar-refractivity contribution in [1.29, 1.82) is 0 Å². The third-order valence-corrected chi connectivity index (χ3v) is 3.63. The first-order valence-electron chi connectivity index (χ1n) is 6.27. The van der Waals surface area contributed by atoms with E-state index in [0.717, 1.165) is 12.8 Å². The molecule has 4 heteroatoms. The highest BCUT2D eigenvalue weighted by Crippen LogP contribution is 2.28. The molecule has 0 spiro atoms. The highest BCUT2D eigenvalue weighted by molar-refractivity contribution is 5.97. The number of nitrogens with zero attached hydrogens (tertiary/aromatic N) is 1. The zero-order chi connectivity index (χ0) is 13.1. The summed E-state index contributed by atoms with van der Waals surface area (Å²) < 4.78 is 5.08. The third-order valence-electron chi connectivity index (χ3n) is 3.63. The maximum absolute atomic E-state index is 12.3. The van der Waals surface area contributed by atoms with E-state index in [-0.39, 0.29) is 11.7 Å². The Hall–Kier alpha value is -1.71. The summed E-state index contributed by atoms with van der Waals surface area (Å²) in [5, 5.41) is 9.79. The van der Waals surface area contributed by atoms with E-state index in [4.69, 9.17) is 4.74 Å². The predicted molar refractivity (Wildman–Crippen MR) is 69.0 cm³/mol. The topological polar surface area (TPSA) is 49.8 Å². The number of amides is 1. The molecule has 0 radical (unpaired) electrons. The molecule has 1 saturated carbocycles. The Morgan fingerprint density at radius 2 is 2.06 bits per heavy atom. The van der Waals surface area contributed by atoms with E-state index in [0.29, 0.717) is 17.4 Å². The third kappa shape index (κ3) is 2.42. The molecule has 0 heterocycles. The van der Waals surface area contributed by atoms with Gasteiger partial charge in [0.1, 0.15) is 11.5 Å². The second-order valence-corrected chi connectivity index (χ2v) is 4.74. The van der Waals surface area contributed by atoms with Crippen molar-refractivity contribution < 1.29 is 14.6 Å². The van der Waals surface area contributed by atoms with Gasteiger partial charge in [-0.3, -0.25) is 4.79 Å². The van der Waals surface area contributed by atoms with Gasteiger partial charge in [-0.25, -0.2) is 0 Å². The molecular weight excluding hydrogens is 230 g/mol. The maximum atomic E-state index is 12.3. The fraction of sp³-hybridized carbons (Fsp3) is 0.500. The number of rotatable bonds is 3. The Bertz CT molecular complexity index is 439. The molecule has 1 aliphatic carbocycles. The number of hydrogen-bond donors (Lipinski definition) is 1. The van der Waals surface area contributed by atoms with Crippen molar-refractivity contribution in [2.24, 2.45) is 0 Å². The molecule has 18 heavy (non-hydrogen) atoms. The van der Waals surface area contributed by atoms with Crippen molar-refractivity contribution in [3.05, 3.63) is 23.8 Å². The van der Waals surface area contributed by atoms with Crippen LogP contribution in [-0.2, 0) is 0 Å². The molecule has 1 aliphatic rings. The SMILES string of the molecule is COc1ccc(O)c(C(=O)N(C)C2CCCC2)c1. The van der Waals surface area contributed by atoms with Crippen molar-refractivity contribution in [1.82, 2.24) is 4.90 Å². The van der Waals surface area contributed by atoms with E-state index >= 15 is 0 Å². The highest BCUT2D eigenvalue weighted by atomic mass is 16.5. The van der Waals surface area contributed by atoms with Crippen molar-refractivity contribution in [3.8, 4) is 11.5 Å². The van der Waals surface area contributed by atoms with Crippen molar-refractivity contribution >= 4 is 5.91 Å². The highest BCUT2D eigenvalue weighted by Gasteiger charge is 2.25. The van der Waals surface area contributed by atoms with Crippen molar-refractivity contribution in [2.45, 2.75) is 31.7 Å². The molecular formula is C14H19NO3. The van der Waals surface area contributed by atoms with E-state index in [2.05, 4.69) is 0 Å². The molecule has 1 aromatic carbocycles. The zero-order valence-corrected chi connectivity index (χ0v) is 10.8. The Labute approximate surface area is 107 Å². The molecule has 1 N–H and O–H groups in total. The summed E-state index contributed by atoms with van der Waals surface area (Å²) in [5.41, 5.74) is 0.309. The fourth-order valence-corrected chi connectivity index (χ4v) is 2.46. The van der Waals surface area contributed by atoms with Crippen LogP contribution >= 0.6 is 0 Å². The van der Waals surface area contributed by atoms with Gasteiger partial charge in [0.15, 0.2) is 0 Å². The Kier molecular flexibility index (Phi) is 3.75. The number of phenolic OH excluding ortho intramolecular Hbond substituents is 1. The number of methoxy groups -OCH3 is 1. The molecule has 2 rings (SSSR count). The number of phenols is 1. The van der Waals surface area contributed by atoms with E-state index in [9.17, 15) is 9.90 Å². The summed E-state index contributed by atoms with van der Waals surface area (Å²) in [4.78, 5) is 14.1. The molecule has 0 unspecified atom stereocenters. The van der Waals surface area contributed by atoms with Crippen LogP contribution < -0.4 is 4.74 Å². The van der Waals surface area contributed by atoms with Crippen molar-refractivity contribution in [2.75, 3.05) is 14.2 Å². The average Bonchev–Trinajstić information content (AvgIpc) is 2.91. The van der Waals surface area contributed by atoms with Gasteiger partial charge in [-0.2, -0.15) is 0 Å². The first-order chi connectivity index (χ1) is 8.63. The first kappa shape index (κ1) is 12.7. The molecule has 0 aromatic heterocycles. The van der Waals surface area contributed by atoms with Gasteiger partial charge < -0.3 is 14.7 Å². The van der Waals surface area contributed by atoms with Gasteiger partial charge in [0.25, 0.3) is 5.91 Å². The minimum atomic E-state index is -0.140. The Morgan fingerprint density at radius 3 is 2.67 bits per heavy atom. The molecule has 0 saturated heterocycles. The monoisotopic (exact) mass is 249 g/mol. The number of benzene rings is 1. The summed E-state index contributed by atoms with van der Waals surface area (Å²) >= 11 is 0. The Balaban J connectivity index is 2.21. The average molecular weight is 249 g/mol. The van der Waals surface area contributed by atoms with E-state index in [1.54, 1.807) is 31.2 Å². The number of carbonyl (C=O) groups is 1. The molecule has 0 aliphatic heterocycles. The second-order valence-electron chi connectivity index (χ2n) is 4.74. The lowest BCUT2D eigenvalue weighted by Crippen LogP contribution is -2.35. The number of ether oxygens (including phenoxy) is 1. The van der Waals surface area contributed by atoms with Crippen LogP contribution in [0.25, 0.3) is 0 Å². The summed E-state index contributed by atoms with van der Waals surface area (Å²) in [6.45, 7) is 0. The van der Waals surface area contributed by atoms with Gasteiger partial charge >= 0.3 is 0 Å². The van der Waals surface area contributed by atoms with Crippen LogP contribution in [0, 0.1) is 0 Å². The van der Waals surface area contributed by atoms with E-state index < -0.39 is 0 Å². The lowest BCUT2D eigenvalue weighted by atomic mass is 10.1. The first-order valence-corrected chi connectivity index (χ1v) is 6.27. The molecule has 0 atom stereocenters. The van der Waals surface area contributed by atoms with Gasteiger partial charge in [-0.1, -0.05) is 12.8 Å². The minimum Gasteiger partial charge on any atom is -0.507 e. The van der Waals surface area contributed by atoms with Crippen LogP contribution in [-0.4, -0.2) is 36.1 Å². The number of hydrogen-bond acceptors (Lipinski definition) is 3. The van der Waals surface area contributed by atoms with Gasteiger partial charge in [0.2, 0.25) is 0 Å². The fourth-order valence-electron chi connectivity index (χ4n) is 2.46. The molecule has 4 nitrogen and oxygen atoms in total. The quantitative estimate of drug-likeness (QED) is 0.895. The second kappa shape index (κ2) is 5.29. The van der Waals surface area contributed by atoms with Crippen LogP contribution in [0.1, 0.15) is 36.0 Å². The molecule has 1 fully saturated rings. The van der Waals surface area contributed by atoms with Crippen LogP contribution in [0.15, 0.2) is 18.2 Å². The summed E-state index contributed by atoms with van der Waals surface area (Å²) in [6.07, 6.45) is 4.44.